The molecule has 0 aromatic heterocycles. The third-order valence-electron chi connectivity index (χ3n) is 1.99. The maximum absolute atomic E-state index is 11.4. The second kappa shape index (κ2) is 4.15. The van der Waals surface area contributed by atoms with E-state index in [1.54, 1.807) is 0 Å². The van der Waals surface area contributed by atoms with Gasteiger partial charge in [-0.2, -0.15) is 0 Å². The summed E-state index contributed by atoms with van der Waals surface area (Å²) in [5, 5.41) is 8.88. The fourth-order valence-corrected chi connectivity index (χ4v) is 3.69. The topological polar surface area (TPSA) is 88.5 Å². The van der Waals surface area contributed by atoms with Crippen LogP contribution in [0.15, 0.2) is 28.0 Å². The molecule has 1 N–H and O–H groups in total. The summed E-state index contributed by atoms with van der Waals surface area (Å²) in [5.74, 6) is 0. The first-order valence-electron chi connectivity index (χ1n) is 4.30. The third-order valence-corrected chi connectivity index (χ3v) is 4.41. The van der Waals surface area contributed by atoms with Crippen molar-refractivity contribution in [3.63, 3.8) is 0 Å². The van der Waals surface area contributed by atoms with Crippen molar-refractivity contribution in [1.82, 2.24) is 0 Å². The Labute approximate surface area is 94.6 Å². The number of hydrogen-bond acceptors (Lipinski definition) is 5. The molecule has 0 atom stereocenters. The number of hydrogen-bond donors (Lipinski definition) is 1. The Hall–Kier alpha value is -0.920. The highest BCUT2D eigenvalue weighted by molar-refractivity contribution is 7.93. The average molecular weight is 264 g/mol. The van der Waals surface area contributed by atoms with Crippen molar-refractivity contribution in [3.05, 3.63) is 23.8 Å². The van der Waals surface area contributed by atoms with Gasteiger partial charge in [-0.15, -0.1) is 0 Å². The van der Waals surface area contributed by atoms with Gasteiger partial charge in [0.15, 0.2) is 19.7 Å². The Morgan fingerprint density at radius 3 is 1.88 bits per heavy atom. The van der Waals surface area contributed by atoms with Gasteiger partial charge in [0.2, 0.25) is 0 Å². The minimum absolute atomic E-state index is 0.243. The summed E-state index contributed by atoms with van der Waals surface area (Å²) in [4.78, 5) is -0.520. The number of aliphatic hydroxyl groups is 1. The lowest BCUT2D eigenvalue weighted by Crippen LogP contribution is -2.08. The molecular formula is C9H12O5S2. The molecular weight excluding hydrogens is 252 g/mol. The molecule has 0 aliphatic rings. The van der Waals surface area contributed by atoms with Crippen LogP contribution in [0.2, 0.25) is 0 Å². The molecule has 5 nitrogen and oxygen atoms in total. The minimum atomic E-state index is -3.64. The summed E-state index contributed by atoms with van der Waals surface area (Å²) < 4.78 is 45.6. The minimum Gasteiger partial charge on any atom is -0.392 e. The molecule has 16 heavy (non-hydrogen) atoms. The maximum Gasteiger partial charge on any atom is 0.176 e. The van der Waals surface area contributed by atoms with Crippen molar-refractivity contribution >= 4 is 19.7 Å². The van der Waals surface area contributed by atoms with Crippen LogP contribution < -0.4 is 0 Å². The van der Waals surface area contributed by atoms with Crippen LogP contribution in [0.5, 0.6) is 0 Å². The Kier molecular flexibility index (Phi) is 3.41. The van der Waals surface area contributed by atoms with Crippen molar-refractivity contribution in [2.24, 2.45) is 0 Å². The van der Waals surface area contributed by atoms with Gasteiger partial charge in [0, 0.05) is 12.5 Å². The molecule has 0 spiro atoms. The Bertz CT molecular complexity index is 599. The second-order valence-electron chi connectivity index (χ2n) is 3.48. The van der Waals surface area contributed by atoms with Gasteiger partial charge in [0.25, 0.3) is 0 Å². The lowest BCUT2D eigenvalue weighted by molar-refractivity contribution is 0.281. The van der Waals surface area contributed by atoms with E-state index in [1.165, 1.54) is 18.2 Å². The summed E-state index contributed by atoms with van der Waals surface area (Å²) >= 11 is 0. The predicted octanol–water partition coefficient (Wildman–Crippen LogP) is -0.0141. The molecule has 0 heterocycles. The van der Waals surface area contributed by atoms with Crippen LogP contribution in [-0.4, -0.2) is 34.5 Å². The third kappa shape index (κ3) is 2.81. The molecule has 0 radical (unpaired) electrons. The Balaban J connectivity index is 3.66. The number of sulfone groups is 2. The lowest BCUT2D eigenvalue weighted by atomic mass is 10.2. The van der Waals surface area contributed by atoms with Crippen LogP contribution in [0.1, 0.15) is 5.56 Å². The van der Waals surface area contributed by atoms with Gasteiger partial charge >= 0.3 is 0 Å². The van der Waals surface area contributed by atoms with E-state index in [2.05, 4.69) is 0 Å². The normalized spacial score (nSPS) is 12.7. The van der Waals surface area contributed by atoms with Crippen molar-refractivity contribution < 1.29 is 21.9 Å². The SMILES string of the molecule is CS(=O)(=O)c1ccc(CO)cc1S(C)(=O)=O. The van der Waals surface area contributed by atoms with Gasteiger partial charge in [0.1, 0.15) is 0 Å². The standard InChI is InChI=1S/C9H12O5S2/c1-15(11,12)8-4-3-7(6-10)5-9(8)16(2,13)14/h3-5,10H,6H2,1-2H3. The Morgan fingerprint density at radius 2 is 1.50 bits per heavy atom. The quantitative estimate of drug-likeness (QED) is 0.829. The molecule has 0 aliphatic carbocycles. The highest BCUT2D eigenvalue weighted by Gasteiger charge is 2.20. The zero-order valence-electron chi connectivity index (χ0n) is 8.84. The number of rotatable bonds is 3. The van der Waals surface area contributed by atoms with Crippen molar-refractivity contribution in [2.75, 3.05) is 12.5 Å². The fourth-order valence-electron chi connectivity index (χ4n) is 1.25. The molecule has 0 amide bonds. The molecule has 90 valence electrons. The van der Waals surface area contributed by atoms with Crippen LogP contribution in [0, 0.1) is 0 Å². The fraction of sp³-hybridized carbons (Fsp3) is 0.333. The second-order valence-corrected chi connectivity index (χ2v) is 7.45. The van der Waals surface area contributed by atoms with Crippen LogP contribution in [-0.2, 0) is 26.3 Å². The molecule has 0 saturated carbocycles. The van der Waals surface area contributed by atoms with E-state index in [0.29, 0.717) is 5.56 Å². The van der Waals surface area contributed by atoms with Crippen molar-refractivity contribution in [1.29, 1.82) is 0 Å². The molecule has 0 saturated heterocycles. The molecule has 0 bridgehead atoms. The largest absolute Gasteiger partial charge is 0.392 e. The molecule has 0 aliphatic heterocycles. The van der Waals surface area contributed by atoms with Gasteiger partial charge in [-0.3, -0.25) is 0 Å². The van der Waals surface area contributed by atoms with Gasteiger partial charge < -0.3 is 5.11 Å². The molecule has 1 rings (SSSR count). The van der Waals surface area contributed by atoms with E-state index in [9.17, 15) is 16.8 Å². The average Bonchev–Trinajstić information content (AvgIpc) is 2.14. The van der Waals surface area contributed by atoms with Crippen LogP contribution in [0.3, 0.4) is 0 Å². The zero-order chi connectivity index (χ0) is 12.6. The summed E-state index contributed by atoms with van der Waals surface area (Å²) in [5.41, 5.74) is 0.354. The number of aliphatic hydroxyl groups excluding tert-OH is 1. The highest BCUT2D eigenvalue weighted by atomic mass is 32.2. The van der Waals surface area contributed by atoms with E-state index in [1.807, 2.05) is 0 Å². The van der Waals surface area contributed by atoms with E-state index in [0.717, 1.165) is 12.5 Å². The van der Waals surface area contributed by atoms with Crippen molar-refractivity contribution in [3.8, 4) is 0 Å². The summed E-state index contributed by atoms with van der Waals surface area (Å²) in [7, 11) is -7.24. The van der Waals surface area contributed by atoms with Gasteiger partial charge in [-0.25, -0.2) is 16.8 Å². The lowest BCUT2D eigenvalue weighted by Gasteiger charge is -2.07. The first-order chi connectivity index (χ1) is 7.16. The summed E-state index contributed by atoms with van der Waals surface area (Å²) in [6.45, 7) is -0.341. The smallest absolute Gasteiger partial charge is 0.176 e. The Morgan fingerprint density at radius 1 is 1.00 bits per heavy atom. The zero-order valence-corrected chi connectivity index (χ0v) is 10.5. The molecule has 7 heteroatoms. The van der Waals surface area contributed by atoms with E-state index in [-0.39, 0.29) is 16.4 Å². The van der Waals surface area contributed by atoms with Crippen LogP contribution >= 0.6 is 0 Å². The first kappa shape index (κ1) is 13.1. The predicted molar refractivity (Wildman–Crippen MR) is 58.6 cm³/mol. The van der Waals surface area contributed by atoms with Gasteiger partial charge in [-0.1, -0.05) is 6.07 Å². The number of benzene rings is 1. The van der Waals surface area contributed by atoms with Crippen LogP contribution in [0.25, 0.3) is 0 Å². The molecule has 1 aromatic carbocycles. The van der Waals surface area contributed by atoms with Gasteiger partial charge in [-0.05, 0) is 17.7 Å². The molecule has 0 fully saturated rings. The maximum atomic E-state index is 11.4. The van der Waals surface area contributed by atoms with E-state index < -0.39 is 19.7 Å². The van der Waals surface area contributed by atoms with E-state index >= 15 is 0 Å². The van der Waals surface area contributed by atoms with Gasteiger partial charge in [0.05, 0.1) is 16.4 Å². The highest BCUT2D eigenvalue weighted by Crippen LogP contribution is 2.22. The van der Waals surface area contributed by atoms with E-state index in [4.69, 9.17) is 5.11 Å². The van der Waals surface area contributed by atoms with Crippen molar-refractivity contribution in [2.45, 2.75) is 16.4 Å². The summed E-state index contributed by atoms with van der Waals surface area (Å²) in [6, 6.07) is 3.74. The van der Waals surface area contributed by atoms with Crippen LogP contribution in [0.4, 0.5) is 0 Å². The summed E-state index contributed by atoms with van der Waals surface area (Å²) in [6.07, 6.45) is 1.87. The molecule has 1 aromatic rings. The molecule has 0 unspecified atom stereocenters. The monoisotopic (exact) mass is 264 g/mol. The first-order valence-corrected chi connectivity index (χ1v) is 8.08.